The van der Waals surface area contributed by atoms with Gasteiger partial charge in [-0.05, 0) is 5.16 Å². The highest BCUT2D eigenvalue weighted by Gasteiger charge is 2.54. The van der Waals surface area contributed by atoms with E-state index in [4.69, 9.17) is 32.6 Å². The van der Waals surface area contributed by atoms with Crippen LogP contribution in [-0.2, 0) is 4.74 Å². The molecule has 0 bridgehead atoms. The molecular weight excluding hydrogens is 270 g/mol. The fraction of sp³-hybridized carbons (Fsp3) is 0.500. The molecule has 1 rings (SSSR count). The third-order valence-electron chi connectivity index (χ3n) is 2.66. The molecule has 0 aromatic heterocycles. The van der Waals surface area contributed by atoms with Gasteiger partial charge in [0.25, 0.3) is 5.96 Å². The summed E-state index contributed by atoms with van der Waals surface area (Å²) in [6.07, 6.45) is 1.77. The number of aliphatic imine (C=N–C) groups is 1. The molecule has 0 unspecified atom stereocenters. The molecule has 0 saturated carbocycles. The van der Waals surface area contributed by atoms with E-state index >= 15 is 0 Å². The maximum atomic E-state index is 10.1. The summed E-state index contributed by atoms with van der Waals surface area (Å²) in [5.74, 6) is 1.17. The summed E-state index contributed by atoms with van der Waals surface area (Å²) in [6.45, 7) is -0.582. The smallest absolute Gasteiger partial charge is 0.263 e. The Labute approximate surface area is 114 Å². The van der Waals surface area contributed by atoms with E-state index in [2.05, 4.69) is 15.5 Å². The number of nitrogens with zero attached hydrogens (tertiary/aromatic N) is 2. The summed E-state index contributed by atoms with van der Waals surface area (Å²) in [5.41, 5.74) is 3.08. The highest BCUT2D eigenvalue weighted by Crippen LogP contribution is 2.29. The fourth-order valence-corrected chi connectivity index (χ4v) is 1.59. The summed E-state index contributed by atoms with van der Waals surface area (Å²) in [6, 6.07) is 0. The second-order valence-corrected chi connectivity index (χ2v) is 3.90. The van der Waals surface area contributed by atoms with Crippen LogP contribution in [0.5, 0.6) is 0 Å². The first-order chi connectivity index (χ1) is 9.42. The van der Waals surface area contributed by atoms with E-state index in [1.54, 1.807) is 0 Å². The Morgan fingerprint density at radius 3 is 2.75 bits per heavy atom. The fourth-order valence-electron chi connectivity index (χ4n) is 1.59. The van der Waals surface area contributed by atoms with Crippen LogP contribution in [0.2, 0.25) is 0 Å². The zero-order chi connectivity index (χ0) is 15.3. The van der Waals surface area contributed by atoms with Crippen molar-refractivity contribution >= 4 is 18.0 Å². The first kappa shape index (κ1) is 15.9. The van der Waals surface area contributed by atoms with E-state index in [1.807, 2.05) is 5.92 Å². The number of hydrogen-bond acceptors (Lipinski definition) is 7. The van der Waals surface area contributed by atoms with Gasteiger partial charge in [0.05, 0.1) is 12.8 Å². The Hall–Kier alpha value is -2.19. The summed E-state index contributed by atoms with van der Waals surface area (Å²) < 4.78 is 5.11. The zero-order valence-corrected chi connectivity index (χ0v) is 10.3. The van der Waals surface area contributed by atoms with Crippen LogP contribution in [0.25, 0.3) is 0 Å². The molecule has 0 aromatic carbocycles. The minimum absolute atomic E-state index is 0.285. The van der Waals surface area contributed by atoms with E-state index in [0.717, 1.165) is 0 Å². The normalized spacial score (nSPS) is 34.6. The molecule has 0 aliphatic carbocycles. The second kappa shape index (κ2) is 6.31. The third-order valence-corrected chi connectivity index (χ3v) is 2.66. The number of amidine groups is 1. The van der Waals surface area contributed by atoms with Gasteiger partial charge in [0.2, 0.25) is 0 Å². The van der Waals surface area contributed by atoms with Crippen molar-refractivity contribution in [2.75, 3.05) is 6.61 Å². The lowest BCUT2D eigenvalue weighted by molar-refractivity contribution is -0.0396. The van der Waals surface area contributed by atoms with Crippen LogP contribution >= 0.6 is 0 Å². The van der Waals surface area contributed by atoms with Gasteiger partial charge < -0.3 is 41.7 Å². The van der Waals surface area contributed by atoms with Crippen LogP contribution < -0.4 is 11.1 Å². The monoisotopic (exact) mass is 285 g/mol. The number of ether oxygens (including phenoxy) is 1. The first-order valence-electron chi connectivity index (χ1n) is 5.40. The molecule has 110 valence electrons. The van der Waals surface area contributed by atoms with Gasteiger partial charge in [0.1, 0.15) is 18.0 Å². The molecule has 10 nitrogen and oxygen atoms in total. The number of aliphatic hydroxyl groups is 3. The lowest BCUT2D eigenvalue weighted by atomic mass is 9.95. The van der Waals surface area contributed by atoms with Gasteiger partial charge in [0, 0.05) is 0 Å². The molecule has 20 heavy (non-hydrogen) atoms. The van der Waals surface area contributed by atoms with Crippen LogP contribution in [0.4, 0.5) is 0 Å². The van der Waals surface area contributed by atoms with Crippen molar-refractivity contribution in [2.45, 2.75) is 24.0 Å². The topological polar surface area (TPSA) is 177 Å². The molecule has 1 aliphatic heterocycles. The van der Waals surface area contributed by atoms with Crippen LogP contribution in [0.3, 0.4) is 0 Å². The standard InChI is InChI=1S/C10H15N5O5/c1-2-10(18)7(17)5(4-16)20-8(10)14-9(15-19)13-6(12)3-11/h1,3,5,7-8,11,16-19H,4H2,(H3,12,13,14,15)/t5-,7-,8-,10-/m1/s1. The van der Waals surface area contributed by atoms with Gasteiger partial charge in [-0.25, -0.2) is 0 Å². The summed E-state index contributed by atoms with van der Waals surface area (Å²) in [5, 5.41) is 49.5. The maximum absolute atomic E-state index is 10.1. The summed E-state index contributed by atoms with van der Waals surface area (Å²) in [4.78, 5) is 3.49. The largest absolute Gasteiger partial charge is 0.408 e. The number of nitrogens with one attached hydrogen (secondary N) is 2. The van der Waals surface area contributed by atoms with Gasteiger partial charge >= 0.3 is 0 Å². The second-order valence-electron chi connectivity index (χ2n) is 3.90. The lowest BCUT2D eigenvalue weighted by Gasteiger charge is -2.25. The average Bonchev–Trinajstić information content (AvgIpc) is 2.71. The van der Waals surface area contributed by atoms with E-state index in [1.165, 1.54) is 0 Å². The Kier molecular flexibility index (Phi) is 5.00. The predicted octanol–water partition coefficient (Wildman–Crippen LogP) is -3.23. The van der Waals surface area contributed by atoms with E-state index in [0.29, 0.717) is 6.21 Å². The zero-order valence-electron chi connectivity index (χ0n) is 10.3. The first-order valence-corrected chi connectivity index (χ1v) is 5.40. The maximum Gasteiger partial charge on any atom is 0.263 e. The number of rotatable bonds is 3. The third kappa shape index (κ3) is 2.86. The van der Waals surface area contributed by atoms with Crippen LogP contribution in [0.15, 0.2) is 10.1 Å². The molecule has 1 aliphatic rings. The molecule has 1 fully saturated rings. The van der Waals surface area contributed by atoms with Gasteiger partial charge in [-0.15, -0.1) is 6.42 Å². The van der Waals surface area contributed by atoms with Crippen molar-refractivity contribution in [1.29, 1.82) is 5.41 Å². The Bertz CT molecular complexity index is 473. The van der Waals surface area contributed by atoms with Gasteiger partial charge in [0.15, 0.2) is 11.8 Å². The van der Waals surface area contributed by atoms with Crippen molar-refractivity contribution in [3.63, 3.8) is 0 Å². The van der Waals surface area contributed by atoms with Crippen molar-refractivity contribution in [3.8, 4) is 12.3 Å². The summed E-state index contributed by atoms with van der Waals surface area (Å²) >= 11 is 0. The molecule has 0 aromatic rings. The molecule has 1 saturated heterocycles. The average molecular weight is 285 g/mol. The van der Waals surface area contributed by atoms with E-state index < -0.39 is 36.6 Å². The van der Waals surface area contributed by atoms with Crippen molar-refractivity contribution in [2.24, 2.45) is 15.9 Å². The molecule has 8 N–H and O–H groups in total. The predicted molar refractivity (Wildman–Crippen MR) is 68.3 cm³/mol. The van der Waals surface area contributed by atoms with Crippen molar-refractivity contribution in [3.05, 3.63) is 0 Å². The molecule has 1 heterocycles. The van der Waals surface area contributed by atoms with Crippen molar-refractivity contribution in [1.82, 2.24) is 5.32 Å². The molecule has 4 atom stereocenters. The highest BCUT2D eigenvalue weighted by atomic mass is 16.6. The van der Waals surface area contributed by atoms with E-state index in [-0.39, 0.29) is 5.84 Å². The Balaban J connectivity index is 2.96. The highest BCUT2D eigenvalue weighted by molar-refractivity contribution is 6.29. The number of nitrogens with two attached hydrogens (primary N) is 1. The van der Waals surface area contributed by atoms with E-state index in [9.17, 15) is 10.2 Å². The SMILES string of the molecule is C#C[C@]1(O)[C@H](NC(=N/O)/N=C(/N)C=N)O[C@H](CO)[C@H]1O. The number of terminal acetylenes is 1. The number of aliphatic hydroxyl groups excluding tert-OH is 2. The molecule has 10 heteroatoms. The Morgan fingerprint density at radius 2 is 2.30 bits per heavy atom. The number of guanidine groups is 1. The summed E-state index contributed by atoms with van der Waals surface area (Å²) in [7, 11) is 0. The molecule has 0 spiro atoms. The van der Waals surface area contributed by atoms with Gasteiger partial charge in [-0.3, -0.25) is 0 Å². The molecular formula is C10H15N5O5. The molecule has 0 radical (unpaired) electrons. The minimum Gasteiger partial charge on any atom is -0.408 e. The van der Waals surface area contributed by atoms with Crippen LogP contribution in [-0.4, -0.2) is 69.2 Å². The molecule has 0 amide bonds. The van der Waals surface area contributed by atoms with Gasteiger partial charge in [-0.1, -0.05) is 5.92 Å². The van der Waals surface area contributed by atoms with Crippen LogP contribution in [0, 0.1) is 17.8 Å². The number of hydrogen-bond donors (Lipinski definition) is 7. The Morgan fingerprint density at radius 1 is 1.65 bits per heavy atom. The number of oxime groups is 1. The lowest BCUT2D eigenvalue weighted by Crippen LogP contribution is -2.54. The quantitative estimate of drug-likeness (QED) is 0.0936. The van der Waals surface area contributed by atoms with Crippen molar-refractivity contribution < 1.29 is 25.3 Å². The minimum atomic E-state index is -2.17. The van der Waals surface area contributed by atoms with Gasteiger partial charge in [-0.2, -0.15) is 4.99 Å². The van der Waals surface area contributed by atoms with Crippen LogP contribution in [0.1, 0.15) is 0 Å².